The molecular weight excluding hydrogens is 446 g/mol. The van der Waals surface area contributed by atoms with Crippen LogP contribution in [0.4, 0.5) is 11.1 Å². The summed E-state index contributed by atoms with van der Waals surface area (Å²) in [6.07, 6.45) is 5.25. The first-order valence-corrected chi connectivity index (χ1v) is 12.3. The van der Waals surface area contributed by atoms with Crippen molar-refractivity contribution in [3.63, 3.8) is 0 Å². The van der Waals surface area contributed by atoms with Crippen molar-refractivity contribution in [3.05, 3.63) is 52.3 Å². The van der Waals surface area contributed by atoms with Crippen molar-refractivity contribution < 1.29 is 9.53 Å². The van der Waals surface area contributed by atoms with Gasteiger partial charge in [-0.2, -0.15) is 0 Å². The maximum absolute atomic E-state index is 11.4. The van der Waals surface area contributed by atoms with E-state index in [0.29, 0.717) is 23.3 Å². The molecule has 0 unspecified atom stereocenters. The lowest BCUT2D eigenvalue weighted by molar-refractivity contribution is -0.116. The number of Topliss-reactive ketones (excluding diaryl/α,β-unsaturated/α-hetero) is 1. The van der Waals surface area contributed by atoms with Crippen LogP contribution in [0.15, 0.2) is 30.5 Å². The Morgan fingerprint density at radius 3 is 2.88 bits per heavy atom. The van der Waals surface area contributed by atoms with Gasteiger partial charge in [0.1, 0.15) is 17.3 Å². The summed E-state index contributed by atoms with van der Waals surface area (Å²) in [5.41, 5.74) is 5.14. The van der Waals surface area contributed by atoms with E-state index in [1.54, 1.807) is 30.5 Å². The van der Waals surface area contributed by atoms with Crippen molar-refractivity contribution in [1.29, 1.82) is 0 Å². The number of hydrogen-bond donors (Lipinski definition) is 1. The summed E-state index contributed by atoms with van der Waals surface area (Å²) in [6.45, 7) is 8.24. The van der Waals surface area contributed by atoms with Crippen LogP contribution in [0.2, 0.25) is 0 Å². The number of ketones is 1. The molecule has 0 fully saturated rings. The minimum atomic E-state index is 0.0713. The molecule has 0 bridgehead atoms. The Morgan fingerprint density at radius 1 is 1.26 bits per heavy atom. The van der Waals surface area contributed by atoms with Gasteiger partial charge in [-0.1, -0.05) is 13.8 Å². The van der Waals surface area contributed by atoms with E-state index in [2.05, 4.69) is 28.7 Å². The highest BCUT2D eigenvalue weighted by atomic mass is 32.1. The van der Waals surface area contributed by atoms with Crippen LogP contribution in [0.5, 0.6) is 11.5 Å². The van der Waals surface area contributed by atoms with Gasteiger partial charge in [0, 0.05) is 36.2 Å². The van der Waals surface area contributed by atoms with E-state index in [1.165, 1.54) is 17.0 Å². The molecule has 1 aliphatic rings. The number of fused-ring (bicyclic) bond motifs is 2. The number of thiazole rings is 1. The van der Waals surface area contributed by atoms with E-state index in [-0.39, 0.29) is 5.78 Å². The summed E-state index contributed by atoms with van der Waals surface area (Å²) in [5, 5.41) is 4.34. The Morgan fingerprint density at radius 2 is 2.09 bits per heavy atom. The molecule has 0 aliphatic heterocycles. The lowest BCUT2D eigenvalue weighted by Gasteiger charge is -2.28. The summed E-state index contributed by atoms with van der Waals surface area (Å²) in [6, 6.07) is 7.52. The molecule has 1 aliphatic carbocycles. The molecular formula is C26H29N5O2S. The Kier molecular flexibility index (Phi) is 5.64. The number of aryl methyl sites for hydroxylation is 3. The zero-order valence-electron chi connectivity index (χ0n) is 20.2. The third-order valence-corrected chi connectivity index (χ3v) is 7.37. The van der Waals surface area contributed by atoms with Crippen molar-refractivity contribution in [1.82, 2.24) is 19.5 Å². The third kappa shape index (κ3) is 4.42. The summed E-state index contributed by atoms with van der Waals surface area (Å²) < 4.78 is 8.22. The molecule has 4 aromatic rings. The standard InChI is InChI=1S/C26H29N5O2S/c1-15(32)12-17-13-18(9-11-27-17)33-21-7-6-20-23(16(21)2)31(5)24(28-20)30-25-29-19-8-10-26(3,4)14-22(19)34-25/h6-7,9,11,13H,8,10,12,14H2,1-5H3,(H,28,29,30). The smallest absolute Gasteiger partial charge is 0.209 e. The molecule has 0 saturated heterocycles. The van der Waals surface area contributed by atoms with E-state index in [4.69, 9.17) is 14.7 Å². The second-order valence-corrected chi connectivity index (χ2v) is 11.0. The molecule has 8 heteroatoms. The second kappa shape index (κ2) is 8.51. The highest BCUT2D eigenvalue weighted by Gasteiger charge is 2.28. The number of ether oxygens (including phenoxy) is 1. The van der Waals surface area contributed by atoms with Gasteiger partial charge in [-0.05, 0) is 56.7 Å². The molecule has 1 aromatic carbocycles. The average molecular weight is 476 g/mol. The largest absolute Gasteiger partial charge is 0.457 e. The Labute approximate surface area is 203 Å². The van der Waals surface area contributed by atoms with Gasteiger partial charge in [0.15, 0.2) is 5.13 Å². The highest BCUT2D eigenvalue weighted by Crippen LogP contribution is 2.39. The van der Waals surface area contributed by atoms with Gasteiger partial charge in [-0.15, -0.1) is 11.3 Å². The van der Waals surface area contributed by atoms with Gasteiger partial charge in [0.05, 0.1) is 22.4 Å². The fraction of sp³-hybridized carbons (Fsp3) is 0.385. The van der Waals surface area contributed by atoms with Gasteiger partial charge in [-0.25, -0.2) is 9.97 Å². The lowest BCUT2D eigenvalue weighted by Crippen LogP contribution is -2.20. The second-order valence-electron chi connectivity index (χ2n) is 9.87. The van der Waals surface area contributed by atoms with Crippen LogP contribution >= 0.6 is 11.3 Å². The fourth-order valence-corrected chi connectivity index (χ4v) is 5.80. The number of anilines is 2. The molecule has 176 valence electrons. The number of benzene rings is 1. The quantitative estimate of drug-likeness (QED) is 0.373. The lowest BCUT2D eigenvalue weighted by atomic mass is 9.79. The number of nitrogens with one attached hydrogen (secondary N) is 1. The number of hydrogen-bond acceptors (Lipinski definition) is 7. The van der Waals surface area contributed by atoms with E-state index < -0.39 is 0 Å². The number of imidazole rings is 1. The first-order chi connectivity index (χ1) is 16.2. The maximum atomic E-state index is 11.4. The first-order valence-electron chi connectivity index (χ1n) is 11.5. The molecule has 0 saturated carbocycles. The Hall–Kier alpha value is -3.26. The molecule has 3 aromatic heterocycles. The van der Waals surface area contributed by atoms with E-state index in [9.17, 15) is 4.79 Å². The van der Waals surface area contributed by atoms with Crippen LogP contribution < -0.4 is 10.1 Å². The van der Waals surface area contributed by atoms with Gasteiger partial charge in [0.25, 0.3) is 0 Å². The third-order valence-electron chi connectivity index (χ3n) is 6.36. The number of nitrogens with zero attached hydrogens (tertiary/aromatic N) is 4. The summed E-state index contributed by atoms with van der Waals surface area (Å²) in [7, 11) is 2.00. The zero-order valence-corrected chi connectivity index (χ0v) is 21.0. The number of carbonyl (C=O) groups is 1. The van der Waals surface area contributed by atoms with E-state index in [0.717, 1.165) is 46.3 Å². The SMILES string of the molecule is CC(=O)Cc1cc(Oc2ccc3nc(Nc4nc5c(s4)CC(C)(C)CC5)n(C)c3c2C)ccn1. The van der Waals surface area contributed by atoms with Crippen molar-refractivity contribution in [2.24, 2.45) is 12.5 Å². The van der Waals surface area contributed by atoms with Crippen LogP contribution in [0.3, 0.4) is 0 Å². The van der Waals surface area contributed by atoms with Crippen molar-refractivity contribution in [2.75, 3.05) is 5.32 Å². The van der Waals surface area contributed by atoms with Crippen molar-refractivity contribution in [3.8, 4) is 11.5 Å². The maximum Gasteiger partial charge on any atom is 0.209 e. The van der Waals surface area contributed by atoms with Crippen LogP contribution in [0, 0.1) is 12.3 Å². The van der Waals surface area contributed by atoms with Crippen LogP contribution in [-0.2, 0) is 31.1 Å². The van der Waals surface area contributed by atoms with Crippen molar-refractivity contribution in [2.45, 2.75) is 53.4 Å². The molecule has 7 nitrogen and oxygen atoms in total. The average Bonchev–Trinajstić information content (AvgIpc) is 3.29. The number of aromatic nitrogens is 4. The molecule has 3 heterocycles. The van der Waals surface area contributed by atoms with Crippen LogP contribution in [0.1, 0.15) is 49.0 Å². The predicted octanol–water partition coefficient (Wildman–Crippen LogP) is 5.92. The highest BCUT2D eigenvalue weighted by molar-refractivity contribution is 7.15. The summed E-state index contributed by atoms with van der Waals surface area (Å²) in [4.78, 5) is 26.7. The Balaban J connectivity index is 1.42. The molecule has 0 amide bonds. The van der Waals surface area contributed by atoms with Gasteiger partial charge >= 0.3 is 0 Å². The van der Waals surface area contributed by atoms with E-state index >= 15 is 0 Å². The topological polar surface area (TPSA) is 81.9 Å². The van der Waals surface area contributed by atoms with Gasteiger partial charge in [0.2, 0.25) is 5.95 Å². The summed E-state index contributed by atoms with van der Waals surface area (Å²) >= 11 is 1.74. The normalized spacial score (nSPS) is 14.7. The van der Waals surface area contributed by atoms with Gasteiger partial charge < -0.3 is 14.6 Å². The monoisotopic (exact) mass is 475 g/mol. The van der Waals surface area contributed by atoms with E-state index in [1.807, 2.05) is 32.2 Å². The molecule has 0 atom stereocenters. The summed E-state index contributed by atoms with van der Waals surface area (Å²) in [5.74, 6) is 2.23. The van der Waals surface area contributed by atoms with Crippen LogP contribution in [0.25, 0.3) is 11.0 Å². The fourth-order valence-electron chi connectivity index (χ4n) is 4.54. The molecule has 1 N–H and O–H groups in total. The zero-order chi connectivity index (χ0) is 24.0. The van der Waals surface area contributed by atoms with Crippen molar-refractivity contribution >= 4 is 39.2 Å². The number of carbonyl (C=O) groups excluding carboxylic acids is 1. The predicted molar refractivity (Wildman–Crippen MR) is 135 cm³/mol. The molecule has 5 rings (SSSR count). The molecule has 34 heavy (non-hydrogen) atoms. The minimum Gasteiger partial charge on any atom is -0.457 e. The van der Waals surface area contributed by atoms with Crippen LogP contribution in [-0.4, -0.2) is 25.3 Å². The number of pyridine rings is 1. The first kappa shape index (κ1) is 22.5. The molecule has 0 radical (unpaired) electrons. The molecule has 0 spiro atoms. The Bertz CT molecular complexity index is 1400. The minimum absolute atomic E-state index is 0.0713. The number of rotatable bonds is 6. The van der Waals surface area contributed by atoms with Gasteiger partial charge in [-0.3, -0.25) is 9.78 Å².